The number of ether oxygens (including phenoxy) is 1. The second kappa shape index (κ2) is 7.09. The second-order valence-electron chi connectivity index (χ2n) is 5.76. The maximum Gasteiger partial charge on any atom is 0.123 e. The Bertz CT molecular complexity index is 433. The van der Waals surface area contributed by atoms with Crippen LogP contribution in [0.25, 0.3) is 0 Å². The molecule has 2 rings (SSSR count). The molecular formula is C17H28N2O. The summed E-state index contributed by atoms with van der Waals surface area (Å²) in [7, 11) is 3.77. The Kier molecular flexibility index (Phi) is 5.44. The standard InChI is InChI=1S/C17H28N2O/c1-5-16-7-6-10-19(16)12-15-11-14(13(2)18-3)8-9-17(15)20-4/h8-9,11,13,16,18H,5-7,10,12H2,1-4H3. The molecule has 0 aliphatic carbocycles. The summed E-state index contributed by atoms with van der Waals surface area (Å²) in [6.07, 6.45) is 3.91. The fourth-order valence-electron chi connectivity index (χ4n) is 3.14. The highest BCUT2D eigenvalue weighted by Gasteiger charge is 2.23. The van der Waals surface area contributed by atoms with Gasteiger partial charge in [-0.15, -0.1) is 0 Å². The summed E-state index contributed by atoms with van der Waals surface area (Å²) in [4.78, 5) is 2.60. The zero-order chi connectivity index (χ0) is 14.5. The molecule has 1 aromatic rings. The second-order valence-corrected chi connectivity index (χ2v) is 5.76. The van der Waals surface area contributed by atoms with Crippen LogP contribution in [0.5, 0.6) is 5.75 Å². The van der Waals surface area contributed by atoms with Crippen LogP contribution in [0.15, 0.2) is 18.2 Å². The van der Waals surface area contributed by atoms with E-state index >= 15 is 0 Å². The van der Waals surface area contributed by atoms with E-state index in [4.69, 9.17) is 4.74 Å². The van der Waals surface area contributed by atoms with Crippen molar-refractivity contribution in [2.24, 2.45) is 0 Å². The molecule has 0 saturated carbocycles. The van der Waals surface area contributed by atoms with Gasteiger partial charge in [0.05, 0.1) is 7.11 Å². The third-order valence-corrected chi connectivity index (χ3v) is 4.58. The molecule has 2 unspecified atom stereocenters. The van der Waals surface area contributed by atoms with Gasteiger partial charge in [0.1, 0.15) is 5.75 Å². The Labute approximate surface area is 123 Å². The lowest BCUT2D eigenvalue weighted by molar-refractivity contribution is 0.236. The molecule has 1 N–H and O–H groups in total. The van der Waals surface area contributed by atoms with E-state index in [1.54, 1.807) is 7.11 Å². The van der Waals surface area contributed by atoms with Crippen LogP contribution in [0.2, 0.25) is 0 Å². The number of nitrogens with one attached hydrogen (secondary N) is 1. The lowest BCUT2D eigenvalue weighted by atomic mass is 10.0. The van der Waals surface area contributed by atoms with E-state index in [0.29, 0.717) is 6.04 Å². The molecule has 0 amide bonds. The minimum atomic E-state index is 0.375. The van der Waals surface area contributed by atoms with E-state index in [1.165, 1.54) is 36.9 Å². The SMILES string of the molecule is CCC1CCCN1Cc1cc(C(C)NC)ccc1OC. The van der Waals surface area contributed by atoms with Gasteiger partial charge in [0.2, 0.25) is 0 Å². The number of rotatable bonds is 6. The number of methoxy groups -OCH3 is 1. The maximum absolute atomic E-state index is 5.55. The first-order valence-electron chi connectivity index (χ1n) is 7.77. The summed E-state index contributed by atoms with van der Waals surface area (Å²) in [6.45, 7) is 6.70. The summed E-state index contributed by atoms with van der Waals surface area (Å²) in [6, 6.07) is 7.68. The maximum atomic E-state index is 5.55. The van der Waals surface area contributed by atoms with Gasteiger partial charge in [0, 0.05) is 24.2 Å². The van der Waals surface area contributed by atoms with Crippen molar-refractivity contribution in [3.63, 3.8) is 0 Å². The smallest absolute Gasteiger partial charge is 0.123 e. The average molecular weight is 276 g/mol. The molecule has 1 heterocycles. The molecule has 1 aliphatic heterocycles. The number of hydrogen-bond donors (Lipinski definition) is 1. The van der Waals surface area contributed by atoms with E-state index in [2.05, 4.69) is 42.3 Å². The summed E-state index contributed by atoms with van der Waals surface area (Å²) in [5, 5.41) is 3.31. The highest BCUT2D eigenvalue weighted by Crippen LogP contribution is 2.28. The van der Waals surface area contributed by atoms with Crippen LogP contribution in [-0.4, -0.2) is 31.6 Å². The van der Waals surface area contributed by atoms with Crippen LogP contribution in [0.3, 0.4) is 0 Å². The number of benzene rings is 1. The van der Waals surface area contributed by atoms with E-state index in [9.17, 15) is 0 Å². The van der Waals surface area contributed by atoms with Gasteiger partial charge in [0.15, 0.2) is 0 Å². The molecular weight excluding hydrogens is 248 g/mol. The lowest BCUT2D eigenvalue weighted by Gasteiger charge is -2.25. The van der Waals surface area contributed by atoms with Crippen LogP contribution in [0.4, 0.5) is 0 Å². The van der Waals surface area contributed by atoms with Gasteiger partial charge in [-0.25, -0.2) is 0 Å². The van der Waals surface area contributed by atoms with Gasteiger partial charge in [0.25, 0.3) is 0 Å². The van der Waals surface area contributed by atoms with Crippen LogP contribution in [0, 0.1) is 0 Å². The van der Waals surface area contributed by atoms with Gasteiger partial charge in [-0.2, -0.15) is 0 Å². The molecule has 112 valence electrons. The summed E-state index contributed by atoms with van der Waals surface area (Å²) < 4.78 is 5.55. The molecule has 1 aromatic carbocycles. The van der Waals surface area contributed by atoms with Crippen LogP contribution < -0.4 is 10.1 Å². The van der Waals surface area contributed by atoms with Crippen molar-refractivity contribution in [1.29, 1.82) is 0 Å². The quantitative estimate of drug-likeness (QED) is 0.862. The van der Waals surface area contributed by atoms with Crippen molar-refractivity contribution in [3.05, 3.63) is 29.3 Å². The predicted molar refractivity (Wildman–Crippen MR) is 84.2 cm³/mol. The minimum Gasteiger partial charge on any atom is -0.496 e. The Hall–Kier alpha value is -1.06. The largest absolute Gasteiger partial charge is 0.496 e. The van der Waals surface area contributed by atoms with Crippen LogP contribution in [-0.2, 0) is 6.54 Å². The third kappa shape index (κ3) is 3.33. The molecule has 0 radical (unpaired) electrons. The fraction of sp³-hybridized carbons (Fsp3) is 0.647. The Morgan fingerprint density at radius 2 is 2.25 bits per heavy atom. The Morgan fingerprint density at radius 1 is 1.45 bits per heavy atom. The number of likely N-dealkylation sites (tertiary alicyclic amines) is 1. The van der Waals surface area contributed by atoms with Crippen LogP contribution in [0.1, 0.15) is 50.3 Å². The van der Waals surface area contributed by atoms with E-state index < -0.39 is 0 Å². The van der Waals surface area contributed by atoms with Crippen molar-refractivity contribution in [2.75, 3.05) is 20.7 Å². The normalized spacial score (nSPS) is 21.1. The molecule has 1 fully saturated rings. The predicted octanol–water partition coefficient (Wildman–Crippen LogP) is 3.35. The average Bonchev–Trinajstić information content (AvgIpc) is 2.93. The summed E-state index contributed by atoms with van der Waals surface area (Å²) >= 11 is 0. The summed E-state index contributed by atoms with van der Waals surface area (Å²) in [5.41, 5.74) is 2.64. The van der Waals surface area contributed by atoms with E-state index in [0.717, 1.165) is 18.3 Å². The summed E-state index contributed by atoms with van der Waals surface area (Å²) in [5.74, 6) is 1.01. The molecule has 1 aliphatic rings. The number of nitrogens with zero attached hydrogens (tertiary/aromatic N) is 1. The monoisotopic (exact) mass is 276 g/mol. The zero-order valence-corrected chi connectivity index (χ0v) is 13.3. The first-order valence-corrected chi connectivity index (χ1v) is 7.77. The molecule has 2 atom stereocenters. The minimum absolute atomic E-state index is 0.375. The van der Waals surface area contributed by atoms with Crippen LogP contribution >= 0.6 is 0 Å². The molecule has 3 heteroatoms. The third-order valence-electron chi connectivity index (χ3n) is 4.58. The molecule has 0 spiro atoms. The fourth-order valence-corrected chi connectivity index (χ4v) is 3.14. The molecule has 0 aromatic heterocycles. The zero-order valence-electron chi connectivity index (χ0n) is 13.3. The van der Waals surface area contributed by atoms with Crippen molar-refractivity contribution in [2.45, 2.75) is 51.7 Å². The van der Waals surface area contributed by atoms with Crippen molar-refractivity contribution in [1.82, 2.24) is 10.2 Å². The topological polar surface area (TPSA) is 24.5 Å². The molecule has 3 nitrogen and oxygen atoms in total. The van der Waals surface area contributed by atoms with Gasteiger partial charge < -0.3 is 10.1 Å². The van der Waals surface area contributed by atoms with Crippen molar-refractivity contribution < 1.29 is 4.74 Å². The Morgan fingerprint density at radius 3 is 2.90 bits per heavy atom. The first-order chi connectivity index (χ1) is 9.69. The van der Waals surface area contributed by atoms with Crippen molar-refractivity contribution in [3.8, 4) is 5.75 Å². The highest BCUT2D eigenvalue weighted by atomic mass is 16.5. The van der Waals surface area contributed by atoms with Gasteiger partial charge >= 0.3 is 0 Å². The number of hydrogen-bond acceptors (Lipinski definition) is 3. The van der Waals surface area contributed by atoms with E-state index in [-0.39, 0.29) is 0 Å². The molecule has 20 heavy (non-hydrogen) atoms. The Balaban J connectivity index is 2.19. The van der Waals surface area contributed by atoms with Gasteiger partial charge in [-0.3, -0.25) is 4.90 Å². The highest BCUT2D eigenvalue weighted by molar-refractivity contribution is 5.38. The molecule has 1 saturated heterocycles. The van der Waals surface area contributed by atoms with Crippen molar-refractivity contribution >= 4 is 0 Å². The van der Waals surface area contributed by atoms with Gasteiger partial charge in [-0.05, 0) is 57.5 Å². The first kappa shape index (κ1) is 15.3. The lowest BCUT2D eigenvalue weighted by Crippen LogP contribution is -2.28. The van der Waals surface area contributed by atoms with E-state index in [1.807, 2.05) is 7.05 Å². The van der Waals surface area contributed by atoms with Gasteiger partial charge in [-0.1, -0.05) is 13.0 Å². The molecule has 0 bridgehead atoms.